The zero-order chi connectivity index (χ0) is 24.7. The molecule has 176 valence electrons. The minimum absolute atomic E-state index is 0.613. The smallest absolute Gasteiger partial charge is 0.176 e. The van der Waals surface area contributed by atoms with Crippen molar-refractivity contribution in [1.82, 2.24) is 0 Å². The Morgan fingerprint density at radius 3 is 1.75 bits per heavy atom. The molecule has 0 aliphatic carbocycles. The molecule has 0 aromatic heterocycles. The SMILES string of the molecule is CC.CC.CC.CNc1ccc(-c2cc(C)c(C(N)Oc3ccc(C)cc3)c(N)c2)cc1. The van der Waals surface area contributed by atoms with E-state index in [1.165, 1.54) is 5.56 Å². The Morgan fingerprint density at radius 2 is 1.28 bits per heavy atom. The molecule has 4 heteroatoms. The summed E-state index contributed by atoms with van der Waals surface area (Å²) >= 11 is 0. The summed E-state index contributed by atoms with van der Waals surface area (Å²) in [5.74, 6) is 0.730. The van der Waals surface area contributed by atoms with Gasteiger partial charge in [-0.1, -0.05) is 77.4 Å². The van der Waals surface area contributed by atoms with Crippen LogP contribution in [0.15, 0.2) is 60.7 Å². The van der Waals surface area contributed by atoms with Crippen LogP contribution in [0.25, 0.3) is 11.1 Å². The van der Waals surface area contributed by atoms with Gasteiger partial charge in [-0.2, -0.15) is 0 Å². The van der Waals surface area contributed by atoms with Gasteiger partial charge in [-0.05, 0) is 60.9 Å². The predicted molar refractivity (Wildman–Crippen MR) is 143 cm³/mol. The van der Waals surface area contributed by atoms with Crippen LogP contribution in [0.3, 0.4) is 0 Å². The van der Waals surface area contributed by atoms with Crippen molar-refractivity contribution < 1.29 is 4.74 Å². The fraction of sp³-hybridized carbons (Fsp3) is 0.357. The molecule has 0 aliphatic heterocycles. The summed E-state index contributed by atoms with van der Waals surface area (Å²) in [6.07, 6.45) is -0.613. The topological polar surface area (TPSA) is 73.3 Å². The maximum Gasteiger partial charge on any atom is 0.176 e. The van der Waals surface area contributed by atoms with Crippen molar-refractivity contribution in [2.45, 2.75) is 61.6 Å². The standard InChI is InChI=1S/C22H25N3O.3C2H6/c1-14-4-10-19(11-5-14)26-22(24)21-15(2)12-17(13-20(21)23)16-6-8-18(25-3)9-7-16;3*1-2/h4-13,22,25H,23-24H2,1-3H3;3*1-2H3. The second-order valence-electron chi connectivity index (χ2n) is 6.47. The Bertz CT molecular complexity index is 865. The molecule has 0 heterocycles. The fourth-order valence-electron chi connectivity index (χ4n) is 3.03. The van der Waals surface area contributed by atoms with E-state index in [2.05, 4.69) is 23.5 Å². The first-order valence-electron chi connectivity index (χ1n) is 11.6. The molecule has 0 aliphatic rings. The normalized spacial score (nSPS) is 10.2. The summed E-state index contributed by atoms with van der Waals surface area (Å²) in [5, 5.41) is 3.12. The van der Waals surface area contributed by atoms with Crippen LogP contribution in [0.2, 0.25) is 0 Å². The number of nitrogens with two attached hydrogens (primary N) is 2. The van der Waals surface area contributed by atoms with Crippen LogP contribution in [0.1, 0.15) is 64.5 Å². The van der Waals surface area contributed by atoms with Crippen molar-refractivity contribution >= 4 is 11.4 Å². The van der Waals surface area contributed by atoms with Crippen LogP contribution < -0.4 is 21.5 Å². The lowest BCUT2D eigenvalue weighted by atomic mass is 9.97. The Labute approximate surface area is 196 Å². The lowest BCUT2D eigenvalue weighted by Crippen LogP contribution is -2.20. The molecule has 3 aromatic rings. The third kappa shape index (κ3) is 8.27. The van der Waals surface area contributed by atoms with E-state index in [1.807, 2.05) is 105 Å². The largest absolute Gasteiger partial charge is 0.471 e. The Balaban J connectivity index is 0.00000148. The first-order valence-corrected chi connectivity index (χ1v) is 11.6. The molecule has 0 fully saturated rings. The van der Waals surface area contributed by atoms with E-state index in [9.17, 15) is 0 Å². The quantitative estimate of drug-likeness (QED) is 0.282. The molecular formula is C28H43N3O. The highest BCUT2D eigenvalue weighted by Crippen LogP contribution is 2.31. The number of hydrogen-bond acceptors (Lipinski definition) is 4. The summed E-state index contributed by atoms with van der Waals surface area (Å²) in [6.45, 7) is 16.0. The van der Waals surface area contributed by atoms with Gasteiger partial charge < -0.3 is 15.8 Å². The van der Waals surface area contributed by atoms with Gasteiger partial charge >= 0.3 is 0 Å². The van der Waals surface area contributed by atoms with Gasteiger partial charge in [-0.15, -0.1) is 0 Å². The molecule has 4 nitrogen and oxygen atoms in total. The monoisotopic (exact) mass is 437 g/mol. The van der Waals surface area contributed by atoms with E-state index in [0.717, 1.165) is 33.7 Å². The third-order valence-electron chi connectivity index (χ3n) is 4.49. The van der Waals surface area contributed by atoms with Crippen molar-refractivity contribution in [2.75, 3.05) is 18.1 Å². The van der Waals surface area contributed by atoms with Gasteiger partial charge in [-0.25, -0.2) is 0 Å². The van der Waals surface area contributed by atoms with Gasteiger partial charge in [0.25, 0.3) is 0 Å². The van der Waals surface area contributed by atoms with E-state index in [1.54, 1.807) is 0 Å². The highest BCUT2D eigenvalue weighted by molar-refractivity contribution is 5.72. The van der Waals surface area contributed by atoms with Crippen LogP contribution >= 0.6 is 0 Å². The van der Waals surface area contributed by atoms with E-state index in [4.69, 9.17) is 16.2 Å². The van der Waals surface area contributed by atoms with Crippen molar-refractivity contribution in [3.63, 3.8) is 0 Å². The fourth-order valence-corrected chi connectivity index (χ4v) is 3.03. The van der Waals surface area contributed by atoms with Crippen LogP contribution in [0.4, 0.5) is 11.4 Å². The van der Waals surface area contributed by atoms with E-state index in [0.29, 0.717) is 5.69 Å². The lowest BCUT2D eigenvalue weighted by Gasteiger charge is -2.20. The molecular weight excluding hydrogens is 394 g/mol. The number of nitrogen functional groups attached to an aromatic ring is 1. The second-order valence-corrected chi connectivity index (χ2v) is 6.47. The molecule has 0 radical (unpaired) electrons. The lowest BCUT2D eigenvalue weighted by molar-refractivity contribution is 0.214. The minimum atomic E-state index is -0.613. The first kappa shape index (κ1) is 29.0. The average Bonchev–Trinajstić information content (AvgIpc) is 2.84. The van der Waals surface area contributed by atoms with Crippen LogP contribution in [-0.4, -0.2) is 7.05 Å². The van der Waals surface area contributed by atoms with Gasteiger partial charge in [-0.3, -0.25) is 5.73 Å². The highest BCUT2D eigenvalue weighted by Gasteiger charge is 2.16. The molecule has 3 rings (SSSR count). The van der Waals surface area contributed by atoms with Gasteiger partial charge in [0.05, 0.1) is 0 Å². The van der Waals surface area contributed by atoms with E-state index < -0.39 is 6.23 Å². The number of aryl methyl sites for hydroxylation is 2. The molecule has 1 atom stereocenters. The summed E-state index contributed by atoms with van der Waals surface area (Å²) in [4.78, 5) is 0. The number of hydrogen-bond donors (Lipinski definition) is 3. The van der Waals surface area contributed by atoms with E-state index in [-0.39, 0.29) is 0 Å². The van der Waals surface area contributed by atoms with Gasteiger partial charge in [0.1, 0.15) is 5.75 Å². The van der Waals surface area contributed by atoms with Gasteiger partial charge in [0.2, 0.25) is 0 Å². The zero-order valence-electron chi connectivity index (χ0n) is 21.4. The highest BCUT2D eigenvalue weighted by atomic mass is 16.5. The predicted octanol–water partition coefficient (Wildman–Crippen LogP) is 7.71. The molecule has 1 unspecified atom stereocenters. The third-order valence-corrected chi connectivity index (χ3v) is 4.49. The number of anilines is 2. The second kappa shape index (κ2) is 15.8. The Morgan fingerprint density at radius 1 is 0.750 bits per heavy atom. The number of rotatable bonds is 5. The Kier molecular flexibility index (Phi) is 14.3. The summed E-state index contributed by atoms with van der Waals surface area (Å²) < 4.78 is 5.88. The van der Waals surface area contributed by atoms with E-state index >= 15 is 0 Å². The minimum Gasteiger partial charge on any atom is -0.471 e. The number of nitrogens with one attached hydrogen (secondary N) is 1. The molecule has 0 saturated heterocycles. The molecule has 5 N–H and O–H groups in total. The molecule has 32 heavy (non-hydrogen) atoms. The summed E-state index contributed by atoms with van der Waals surface area (Å²) in [7, 11) is 1.90. The molecule has 0 bridgehead atoms. The van der Waals surface area contributed by atoms with Crippen molar-refractivity contribution in [1.29, 1.82) is 0 Å². The van der Waals surface area contributed by atoms with Gasteiger partial charge in [0.15, 0.2) is 6.23 Å². The van der Waals surface area contributed by atoms with Crippen molar-refractivity contribution in [3.8, 4) is 16.9 Å². The molecule has 0 saturated carbocycles. The molecule has 3 aromatic carbocycles. The molecule has 0 amide bonds. The van der Waals surface area contributed by atoms with Crippen LogP contribution in [0, 0.1) is 13.8 Å². The molecule has 0 spiro atoms. The maximum absolute atomic E-state index is 6.32. The average molecular weight is 438 g/mol. The van der Waals surface area contributed by atoms with Crippen LogP contribution in [0.5, 0.6) is 5.75 Å². The Hall–Kier alpha value is -2.98. The number of benzene rings is 3. The zero-order valence-corrected chi connectivity index (χ0v) is 21.4. The summed E-state index contributed by atoms with van der Waals surface area (Å²) in [6, 6.07) is 20.1. The summed E-state index contributed by atoms with van der Waals surface area (Å²) in [5.41, 5.74) is 19.5. The van der Waals surface area contributed by atoms with Crippen molar-refractivity contribution in [2.24, 2.45) is 5.73 Å². The maximum atomic E-state index is 6.32. The van der Waals surface area contributed by atoms with Crippen molar-refractivity contribution in [3.05, 3.63) is 77.4 Å². The van der Waals surface area contributed by atoms with Crippen LogP contribution in [-0.2, 0) is 0 Å². The van der Waals surface area contributed by atoms with Gasteiger partial charge in [0, 0.05) is 24.0 Å². The first-order chi connectivity index (χ1) is 15.5. The number of ether oxygens (including phenoxy) is 1.